The maximum atomic E-state index is 13.8. The third kappa shape index (κ3) is 5.56. The van der Waals surface area contributed by atoms with Gasteiger partial charge in [0.2, 0.25) is 5.91 Å². The van der Waals surface area contributed by atoms with E-state index < -0.39 is 0 Å². The van der Waals surface area contributed by atoms with Gasteiger partial charge in [0, 0.05) is 56.5 Å². The second-order valence-electron chi connectivity index (χ2n) is 13.3. The van der Waals surface area contributed by atoms with E-state index in [1.54, 1.807) is 0 Å². The second kappa shape index (κ2) is 11.8. The van der Waals surface area contributed by atoms with Crippen LogP contribution in [0.1, 0.15) is 89.7 Å². The maximum absolute atomic E-state index is 13.8. The Morgan fingerprint density at radius 3 is 2.45 bits per heavy atom. The monoisotopic (exact) mass is 548 g/mol. The van der Waals surface area contributed by atoms with Crippen LogP contribution in [-0.4, -0.2) is 83.2 Å². The Kier molecular flexibility index (Phi) is 8.23. The number of carbonyl (C=O) groups excluding carboxylic acids is 2. The quantitative estimate of drug-likeness (QED) is 0.456. The molecule has 40 heavy (non-hydrogen) atoms. The maximum Gasteiger partial charge on any atom is 0.320 e. The number of ether oxygens (including phenoxy) is 1. The first kappa shape index (κ1) is 27.8. The molecule has 0 saturated carbocycles. The highest BCUT2D eigenvalue weighted by molar-refractivity contribution is 5.94. The minimum Gasteiger partial charge on any atom is -0.381 e. The number of nitrogens with one attached hydrogen (secondary N) is 1. The average molecular weight is 549 g/mol. The van der Waals surface area contributed by atoms with Gasteiger partial charge in [-0.15, -0.1) is 0 Å². The minimum absolute atomic E-state index is 0.0145. The molecule has 1 aromatic rings. The molecule has 0 radical (unpaired) electrons. The molecule has 4 saturated heterocycles. The Bertz CT molecular complexity index is 1070. The molecule has 218 valence electrons. The van der Waals surface area contributed by atoms with Gasteiger partial charge in [-0.2, -0.15) is 0 Å². The summed E-state index contributed by atoms with van der Waals surface area (Å²) in [4.78, 5) is 34.0. The fourth-order valence-electron chi connectivity index (χ4n) is 8.52. The lowest BCUT2D eigenvalue weighted by Crippen LogP contribution is -2.60. The Hall–Kier alpha value is -2.38. The van der Waals surface area contributed by atoms with Crippen LogP contribution in [0.2, 0.25) is 0 Å². The van der Waals surface area contributed by atoms with Crippen LogP contribution in [-0.2, 0) is 9.53 Å². The summed E-state index contributed by atoms with van der Waals surface area (Å²) in [5, 5.41) is 3.38. The van der Waals surface area contributed by atoms with E-state index in [1.165, 1.54) is 18.4 Å². The van der Waals surface area contributed by atoms with Gasteiger partial charge in [-0.05, 0) is 89.5 Å². The zero-order valence-electron chi connectivity index (χ0n) is 24.5. The van der Waals surface area contributed by atoms with Gasteiger partial charge in [0.1, 0.15) is 0 Å². The third-order valence-electron chi connectivity index (χ3n) is 10.3. The number of hydrogen-bond donors (Lipinski definition) is 1. The second-order valence-corrected chi connectivity index (χ2v) is 13.3. The highest BCUT2D eigenvalue weighted by atomic mass is 16.5. The van der Waals surface area contributed by atoms with Crippen molar-refractivity contribution in [3.63, 3.8) is 0 Å². The first-order chi connectivity index (χ1) is 19.4. The van der Waals surface area contributed by atoms with Crippen molar-refractivity contribution < 1.29 is 14.3 Å². The van der Waals surface area contributed by atoms with Gasteiger partial charge < -0.3 is 19.9 Å². The molecule has 1 aromatic carbocycles. The van der Waals surface area contributed by atoms with Crippen LogP contribution < -0.4 is 5.32 Å². The van der Waals surface area contributed by atoms with Crippen molar-refractivity contribution in [1.82, 2.24) is 20.0 Å². The van der Waals surface area contributed by atoms with Gasteiger partial charge in [-0.3, -0.25) is 9.69 Å². The lowest BCUT2D eigenvalue weighted by Gasteiger charge is -2.49. The molecule has 1 N–H and O–H groups in total. The molecular weight excluding hydrogens is 500 g/mol. The number of allylic oxidation sites excluding steroid dienone is 1. The first-order valence-corrected chi connectivity index (χ1v) is 15.9. The lowest BCUT2D eigenvalue weighted by molar-refractivity contribution is -0.118. The van der Waals surface area contributed by atoms with Gasteiger partial charge in [0.25, 0.3) is 0 Å². The van der Waals surface area contributed by atoms with E-state index in [9.17, 15) is 9.59 Å². The number of benzene rings is 1. The molecule has 4 fully saturated rings. The van der Waals surface area contributed by atoms with Crippen LogP contribution in [0.25, 0.3) is 0 Å². The average Bonchev–Trinajstić information content (AvgIpc) is 3.64. The summed E-state index contributed by atoms with van der Waals surface area (Å²) in [6.45, 7) is 8.77. The molecule has 5 aliphatic rings. The molecule has 3 atom stereocenters. The lowest BCUT2D eigenvalue weighted by atomic mass is 9.81. The van der Waals surface area contributed by atoms with E-state index in [-0.39, 0.29) is 29.6 Å². The number of fused-ring (bicyclic) bond motifs is 2. The van der Waals surface area contributed by atoms with Crippen LogP contribution in [0, 0.1) is 5.92 Å². The third-order valence-corrected chi connectivity index (χ3v) is 10.3. The predicted octanol–water partition coefficient (Wildman–Crippen LogP) is 5.28. The zero-order chi connectivity index (χ0) is 27.7. The number of rotatable bonds is 9. The number of nitrogens with zero attached hydrogens (tertiary/aromatic N) is 3. The van der Waals surface area contributed by atoms with Crippen molar-refractivity contribution in [2.45, 2.75) is 108 Å². The molecule has 1 aliphatic carbocycles. The molecule has 7 heteroatoms. The normalized spacial score (nSPS) is 30.0. The Balaban J connectivity index is 1.14. The fraction of sp³-hybridized carbons (Fsp3) is 0.697. The van der Waals surface area contributed by atoms with Crippen molar-refractivity contribution >= 4 is 11.9 Å². The molecule has 4 aliphatic heterocycles. The molecule has 4 heterocycles. The molecule has 2 bridgehead atoms. The molecule has 6 rings (SSSR count). The summed E-state index contributed by atoms with van der Waals surface area (Å²) in [5.41, 5.74) is 2.08. The topological polar surface area (TPSA) is 65.1 Å². The molecule has 7 nitrogen and oxygen atoms in total. The van der Waals surface area contributed by atoms with Gasteiger partial charge in [0.05, 0.1) is 11.6 Å². The van der Waals surface area contributed by atoms with Gasteiger partial charge in [-0.1, -0.05) is 36.4 Å². The number of piperidine rings is 1. The largest absolute Gasteiger partial charge is 0.381 e. The van der Waals surface area contributed by atoms with Crippen LogP contribution >= 0.6 is 0 Å². The Morgan fingerprint density at radius 2 is 1.80 bits per heavy atom. The fourth-order valence-corrected chi connectivity index (χ4v) is 8.52. The van der Waals surface area contributed by atoms with Crippen LogP contribution in [0.3, 0.4) is 0 Å². The number of amides is 3. The van der Waals surface area contributed by atoms with E-state index in [4.69, 9.17) is 4.74 Å². The summed E-state index contributed by atoms with van der Waals surface area (Å²) in [6, 6.07) is 11.9. The molecule has 0 aromatic heterocycles. The number of carbonyl (C=O) groups is 2. The number of urea groups is 1. The van der Waals surface area contributed by atoms with Crippen molar-refractivity contribution in [2.24, 2.45) is 5.92 Å². The highest BCUT2D eigenvalue weighted by Gasteiger charge is 2.57. The van der Waals surface area contributed by atoms with Gasteiger partial charge in [0.15, 0.2) is 0 Å². The van der Waals surface area contributed by atoms with Crippen molar-refractivity contribution in [3.05, 3.63) is 47.5 Å². The molecular formula is C33H48N4O3. The summed E-state index contributed by atoms with van der Waals surface area (Å²) in [5.74, 6) is 0.664. The van der Waals surface area contributed by atoms with Crippen LogP contribution in [0.15, 0.2) is 42.0 Å². The van der Waals surface area contributed by atoms with Crippen molar-refractivity contribution in [1.29, 1.82) is 0 Å². The van der Waals surface area contributed by atoms with E-state index in [2.05, 4.69) is 64.2 Å². The summed E-state index contributed by atoms with van der Waals surface area (Å²) >= 11 is 0. The highest BCUT2D eigenvalue weighted by Crippen LogP contribution is 2.48. The zero-order valence-corrected chi connectivity index (χ0v) is 24.5. The van der Waals surface area contributed by atoms with Crippen LogP contribution in [0.5, 0.6) is 0 Å². The van der Waals surface area contributed by atoms with Crippen molar-refractivity contribution in [3.8, 4) is 0 Å². The molecule has 3 amide bonds. The molecule has 2 unspecified atom stereocenters. The van der Waals surface area contributed by atoms with Crippen LogP contribution in [0.4, 0.5) is 4.79 Å². The SMILES string of the molecule is CC(C)N1C(=O)N(CC2CCOCC2)CC12CC1CCC(C2)N1CC[C@H](NC(=O)C1=CCCC1)c1ccccc1. The van der Waals surface area contributed by atoms with Gasteiger partial charge >= 0.3 is 6.03 Å². The Morgan fingerprint density at radius 1 is 1.07 bits per heavy atom. The van der Waals surface area contributed by atoms with E-state index in [1.807, 2.05) is 6.07 Å². The van der Waals surface area contributed by atoms with E-state index in [0.717, 1.165) is 89.8 Å². The standard InChI is InChI=1S/C33H48N4O3/c1-24(2)37-32(39)35(22-25-15-18-40-19-16-25)23-33(37)20-28-12-13-29(21-33)36(28)17-14-30(26-8-4-3-5-9-26)34-31(38)27-10-6-7-11-27/h3-5,8-10,24-25,28-30H,6-7,11-23H2,1-2H3,(H,34,38)/t28?,29?,30-,33?/m0/s1. The number of hydrogen-bond acceptors (Lipinski definition) is 4. The van der Waals surface area contributed by atoms with E-state index in [0.29, 0.717) is 18.0 Å². The van der Waals surface area contributed by atoms with Gasteiger partial charge in [-0.25, -0.2) is 4.79 Å². The first-order valence-electron chi connectivity index (χ1n) is 15.9. The Labute approximate surface area is 240 Å². The summed E-state index contributed by atoms with van der Waals surface area (Å²) < 4.78 is 5.58. The molecule has 1 spiro atoms. The summed E-state index contributed by atoms with van der Waals surface area (Å²) in [6.07, 6.45) is 12.7. The smallest absolute Gasteiger partial charge is 0.320 e. The van der Waals surface area contributed by atoms with E-state index >= 15 is 0 Å². The summed E-state index contributed by atoms with van der Waals surface area (Å²) in [7, 11) is 0. The van der Waals surface area contributed by atoms with Crippen molar-refractivity contribution in [2.75, 3.05) is 32.8 Å². The minimum atomic E-state index is -0.0548. The predicted molar refractivity (Wildman–Crippen MR) is 157 cm³/mol.